The van der Waals surface area contributed by atoms with Crippen LogP contribution in [0.4, 0.5) is 0 Å². The third-order valence-corrected chi connectivity index (χ3v) is 3.26. The van der Waals surface area contributed by atoms with Gasteiger partial charge < -0.3 is 5.32 Å². The van der Waals surface area contributed by atoms with Crippen LogP contribution in [0.3, 0.4) is 0 Å². The van der Waals surface area contributed by atoms with Gasteiger partial charge in [-0.15, -0.1) is 0 Å². The Balaban J connectivity index is 1.83. The molecular weight excluding hydrogens is 176 g/mol. The first-order valence-corrected chi connectivity index (χ1v) is 5.61. The number of carbonyl (C=O) groups excluding carboxylic acids is 1. The van der Waals surface area contributed by atoms with E-state index in [0.29, 0.717) is 5.71 Å². The van der Waals surface area contributed by atoms with Crippen molar-refractivity contribution in [2.24, 2.45) is 10.9 Å². The van der Waals surface area contributed by atoms with E-state index < -0.39 is 0 Å². The summed E-state index contributed by atoms with van der Waals surface area (Å²) in [6.45, 7) is 1.79. The molecule has 0 spiro atoms. The van der Waals surface area contributed by atoms with E-state index in [1.807, 2.05) is 0 Å². The zero-order chi connectivity index (χ0) is 9.97. The lowest BCUT2D eigenvalue weighted by Crippen LogP contribution is -2.30. The second-order valence-corrected chi connectivity index (χ2v) is 4.44. The van der Waals surface area contributed by atoms with Crippen LogP contribution in [-0.4, -0.2) is 17.8 Å². The average molecular weight is 194 g/mol. The van der Waals surface area contributed by atoms with Gasteiger partial charge in [-0.2, -0.15) is 0 Å². The molecule has 0 saturated heterocycles. The third-order valence-electron chi connectivity index (χ3n) is 3.26. The number of hydrogen-bond acceptors (Lipinski definition) is 2. The van der Waals surface area contributed by atoms with Gasteiger partial charge in [-0.25, -0.2) is 0 Å². The number of aliphatic imine (C=N–C) groups is 1. The SMILES string of the molecule is CC1=NC(CC2CCCCC2)NC1=O. The molecular formula is C11H18N2O. The zero-order valence-corrected chi connectivity index (χ0v) is 8.75. The van der Waals surface area contributed by atoms with E-state index in [1.54, 1.807) is 6.92 Å². The zero-order valence-electron chi connectivity index (χ0n) is 8.75. The summed E-state index contributed by atoms with van der Waals surface area (Å²) >= 11 is 0. The number of carbonyl (C=O) groups is 1. The number of nitrogens with one attached hydrogen (secondary N) is 1. The largest absolute Gasteiger partial charge is 0.329 e. The minimum Gasteiger partial charge on any atom is -0.329 e. The Kier molecular flexibility index (Phi) is 2.85. The van der Waals surface area contributed by atoms with Crippen LogP contribution in [0.2, 0.25) is 0 Å². The summed E-state index contributed by atoms with van der Waals surface area (Å²) in [5.41, 5.74) is 0.644. The molecule has 1 N–H and O–H groups in total. The fraction of sp³-hybridized carbons (Fsp3) is 0.818. The molecule has 2 aliphatic rings. The van der Waals surface area contributed by atoms with E-state index in [0.717, 1.165) is 12.3 Å². The van der Waals surface area contributed by atoms with Gasteiger partial charge >= 0.3 is 0 Å². The summed E-state index contributed by atoms with van der Waals surface area (Å²) in [5, 5.41) is 2.91. The normalized spacial score (nSPS) is 28.8. The second kappa shape index (κ2) is 4.11. The Morgan fingerprint density at radius 3 is 2.64 bits per heavy atom. The van der Waals surface area contributed by atoms with Gasteiger partial charge in [0.2, 0.25) is 0 Å². The molecule has 1 aliphatic heterocycles. The van der Waals surface area contributed by atoms with Gasteiger partial charge in [-0.05, 0) is 19.3 Å². The van der Waals surface area contributed by atoms with E-state index in [9.17, 15) is 4.79 Å². The van der Waals surface area contributed by atoms with Crippen LogP contribution in [0.25, 0.3) is 0 Å². The van der Waals surface area contributed by atoms with Gasteiger partial charge in [0.05, 0.1) is 5.71 Å². The molecule has 1 unspecified atom stereocenters. The van der Waals surface area contributed by atoms with Crippen molar-refractivity contribution >= 4 is 11.6 Å². The Hall–Kier alpha value is -0.860. The average Bonchev–Trinajstić information content (AvgIpc) is 2.47. The molecule has 78 valence electrons. The van der Waals surface area contributed by atoms with Crippen molar-refractivity contribution < 1.29 is 4.79 Å². The molecule has 0 bridgehead atoms. The highest BCUT2D eigenvalue weighted by molar-refractivity contribution is 6.39. The number of amides is 1. The monoisotopic (exact) mass is 194 g/mol. The maximum absolute atomic E-state index is 11.2. The molecule has 1 heterocycles. The molecule has 3 heteroatoms. The molecule has 0 aromatic carbocycles. The predicted octanol–water partition coefficient (Wildman–Crippen LogP) is 1.87. The first-order valence-electron chi connectivity index (χ1n) is 5.61. The third kappa shape index (κ3) is 2.14. The Morgan fingerprint density at radius 1 is 1.36 bits per heavy atom. The van der Waals surface area contributed by atoms with Crippen molar-refractivity contribution in [2.75, 3.05) is 0 Å². The minimum absolute atomic E-state index is 0.0193. The van der Waals surface area contributed by atoms with E-state index in [-0.39, 0.29) is 12.1 Å². The number of rotatable bonds is 2. The predicted molar refractivity (Wildman–Crippen MR) is 56.2 cm³/mol. The number of hydrogen-bond donors (Lipinski definition) is 1. The fourth-order valence-corrected chi connectivity index (χ4v) is 2.43. The quantitative estimate of drug-likeness (QED) is 0.716. The fourth-order valence-electron chi connectivity index (χ4n) is 2.43. The van der Waals surface area contributed by atoms with E-state index in [2.05, 4.69) is 10.3 Å². The minimum atomic E-state index is 0.0193. The molecule has 0 aromatic heterocycles. The summed E-state index contributed by atoms with van der Waals surface area (Å²) in [6.07, 6.45) is 7.86. The molecule has 1 atom stereocenters. The highest BCUT2D eigenvalue weighted by Crippen LogP contribution is 2.28. The molecule has 3 nitrogen and oxygen atoms in total. The standard InChI is InChI=1S/C11H18N2O/c1-8-11(14)13-10(12-8)7-9-5-3-2-4-6-9/h9-10H,2-7H2,1H3,(H,13,14). The molecule has 1 fully saturated rings. The second-order valence-electron chi connectivity index (χ2n) is 4.44. The van der Waals surface area contributed by atoms with E-state index in [1.165, 1.54) is 32.1 Å². The first-order chi connectivity index (χ1) is 6.75. The van der Waals surface area contributed by atoms with Gasteiger partial charge in [-0.1, -0.05) is 32.1 Å². The van der Waals surface area contributed by atoms with Crippen molar-refractivity contribution in [3.05, 3.63) is 0 Å². The maximum Gasteiger partial charge on any atom is 0.266 e. The van der Waals surface area contributed by atoms with Crippen LogP contribution in [0.15, 0.2) is 4.99 Å². The van der Waals surface area contributed by atoms with Crippen LogP contribution in [0, 0.1) is 5.92 Å². The molecule has 2 rings (SSSR count). The van der Waals surface area contributed by atoms with Crippen LogP contribution >= 0.6 is 0 Å². The number of nitrogens with zero attached hydrogens (tertiary/aromatic N) is 1. The van der Waals surface area contributed by atoms with Crippen LogP contribution < -0.4 is 5.32 Å². The van der Waals surface area contributed by atoms with Crippen molar-refractivity contribution in [1.82, 2.24) is 5.32 Å². The summed E-state index contributed by atoms with van der Waals surface area (Å²) in [7, 11) is 0. The Morgan fingerprint density at radius 2 is 2.07 bits per heavy atom. The lowest BCUT2D eigenvalue weighted by Gasteiger charge is -2.23. The molecule has 1 amide bonds. The van der Waals surface area contributed by atoms with Crippen LogP contribution in [-0.2, 0) is 4.79 Å². The summed E-state index contributed by atoms with van der Waals surface area (Å²) in [5.74, 6) is 0.800. The van der Waals surface area contributed by atoms with E-state index in [4.69, 9.17) is 0 Å². The Bertz CT molecular complexity index is 254. The lowest BCUT2D eigenvalue weighted by molar-refractivity contribution is -0.114. The summed E-state index contributed by atoms with van der Waals surface area (Å²) < 4.78 is 0. The summed E-state index contributed by atoms with van der Waals surface area (Å²) in [4.78, 5) is 15.5. The first kappa shape index (κ1) is 9.69. The summed E-state index contributed by atoms with van der Waals surface area (Å²) in [6, 6.07) is 0. The topological polar surface area (TPSA) is 41.5 Å². The van der Waals surface area contributed by atoms with Crippen LogP contribution in [0.5, 0.6) is 0 Å². The van der Waals surface area contributed by atoms with Crippen molar-refractivity contribution in [3.8, 4) is 0 Å². The van der Waals surface area contributed by atoms with Crippen LogP contribution in [0.1, 0.15) is 45.4 Å². The molecule has 0 radical (unpaired) electrons. The van der Waals surface area contributed by atoms with Gasteiger partial charge in [0.1, 0.15) is 6.17 Å². The molecule has 0 aromatic rings. The smallest absolute Gasteiger partial charge is 0.266 e. The lowest BCUT2D eigenvalue weighted by atomic mass is 9.86. The highest BCUT2D eigenvalue weighted by Gasteiger charge is 2.24. The maximum atomic E-state index is 11.2. The van der Waals surface area contributed by atoms with Crippen molar-refractivity contribution in [2.45, 2.75) is 51.6 Å². The highest BCUT2D eigenvalue weighted by atomic mass is 16.2. The van der Waals surface area contributed by atoms with Gasteiger partial charge in [0.15, 0.2) is 0 Å². The Labute approximate surface area is 85.0 Å². The molecule has 1 saturated carbocycles. The van der Waals surface area contributed by atoms with E-state index >= 15 is 0 Å². The van der Waals surface area contributed by atoms with Crippen molar-refractivity contribution in [3.63, 3.8) is 0 Å². The van der Waals surface area contributed by atoms with Crippen molar-refractivity contribution in [1.29, 1.82) is 0 Å². The van der Waals surface area contributed by atoms with Gasteiger partial charge in [0.25, 0.3) is 5.91 Å². The van der Waals surface area contributed by atoms with Gasteiger partial charge in [0, 0.05) is 0 Å². The van der Waals surface area contributed by atoms with Gasteiger partial charge in [-0.3, -0.25) is 9.79 Å². The molecule has 14 heavy (non-hydrogen) atoms. The molecule has 1 aliphatic carbocycles.